The zero-order valence-electron chi connectivity index (χ0n) is 67.6. The van der Waals surface area contributed by atoms with Crippen LogP contribution in [0.5, 0.6) is 0 Å². The van der Waals surface area contributed by atoms with Gasteiger partial charge in [-0.15, -0.1) is 0 Å². The summed E-state index contributed by atoms with van der Waals surface area (Å²) in [6.45, 7) is 9.68. The predicted molar refractivity (Wildman–Crippen MR) is 423 cm³/mol. The monoisotopic (exact) mass is 1510 g/mol. The summed E-state index contributed by atoms with van der Waals surface area (Å²) >= 11 is 0. The molecule has 0 rings (SSSR count). The van der Waals surface area contributed by atoms with E-state index in [1.807, 2.05) is 0 Å². The number of aliphatic hydroxyl groups excluding tert-OH is 1. The second kappa shape index (κ2) is 75.5. The summed E-state index contributed by atoms with van der Waals surface area (Å²) in [5, 5.41) is 10.7. The molecule has 0 amide bonds. The fourth-order valence-corrected chi connectivity index (χ4v) is 14.6. The predicted octanol–water partition coefficient (Wildman–Crippen LogP) is 25.5. The van der Waals surface area contributed by atoms with Crippen molar-refractivity contribution in [3.05, 3.63) is 0 Å². The largest absolute Gasteiger partial charge is 0.472 e. The second-order valence-corrected chi connectivity index (χ2v) is 33.8. The van der Waals surface area contributed by atoms with E-state index in [0.29, 0.717) is 25.7 Å². The van der Waals surface area contributed by atoms with E-state index in [9.17, 15) is 43.2 Å². The first kappa shape index (κ1) is 101. The van der Waals surface area contributed by atoms with Gasteiger partial charge in [-0.05, 0) is 37.5 Å². The maximum absolute atomic E-state index is 13.1. The number of hydrogen-bond donors (Lipinski definition) is 3. The maximum atomic E-state index is 13.1. The number of ether oxygens (including phenoxy) is 4. The van der Waals surface area contributed by atoms with Crippen molar-refractivity contribution >= 4 is 39.5 Å². The zero-order chi connectivity index (χ0) is 75.6. The van der Waals surface area contributed by atoms with E-state index in [0.717, 1.165) is 102 Å². The Bertz CT molecular complexity index is 1980. The van der Waals surface area contributed by atoms with Crippen LogP contribution >= 0.6 is 15.6 Å². The van der Waals surface area contributed by atoms with Crippen molar-refractivity contribution in [2.75, 3.05) is 39.6 Å². The highest BCUT2D eigenvalue weighted by Gasteiger charge is 2.30. The molecular weight excluding hydrogens is 1340 g/mol. The summed E-state index contributed by atoms with van der Waals surface area (Å²) < 4.78 is 68.9. The van der Waals surface area contributed by atoms with Crippen molar-refractivity contribution in [1.82, 2.24) is 0 Å². The lowest BCUT2D eigenvalue weighted by molar-refractivity contribution is -0.161. The third kappa shape index (κ3) is 76.6. The molecule has 6 atom stereocenters. The van der Waals surface area contributed by atoms with Crippen LogP contribution in [0.2, 0.25) is 0 Å². The van der Waals surface area contributed by atoms with E-state index in [-0.39, 0.29) is 25.7 Å². The number of phosphoric acid groups is 2. The molecule has 0 aromatic carbocycles. The minimum atomic E-state index is -4.96. The van der Waals surface area contributed by atoms with Gasteiger partial charge in [0.05, 0.1) is 26.4 Å². The average molecular weight is 1510 g/mol. The van der Waals surface area contributed by atoms with E-state index < -0.39 is 97.5 Å². The van der Waals surface area contributed by atoms with Gasteiger partial charge < -0.3 is 33.8 Å². The third-order valence-corrected chi connectivity index (χ3v) is 22.0. The number of carbonyl (C=O) groups excluding carboxylic acids is 4. The van der Waals surface area contributed by atoms with Crippen molar-refractivity contribution in [2.45, 2.75) is 464 Å². The molecule has 19 heteroatoms. The Kier molecular flexibility index (Phi) is 74.1. The molecule has 103 heavy (non-hydrogen) atoms. The number of esters is 4. The van der Waals surface area contributed by atoms with Crippen LogP contribution in [0.15, 0.2) is 0 Å². The smallest absolute Gasteiger partial charge is 0.462 e. The zero-order valence-corrected chi connectivity index (χ0v) is 69.4. The summed E-state index contributed by atoms with van der Waals surface area (Å²) in [5.41, 5.74) is 0. The molecule has 0 bridgehead atoms. The molecule has 612 valence electrons. The molecule has 0 radical (unpaired) electrons. The number of unbranched alkanes of at least 4 members (excludes halogenated alkanes) is 52. The normalized spacial score (nSPS) is 14.1. The standard InChI is InChI=1S/C84H164O17P2/c1-7-10-12-14-16-18-20-22-24-26-27-29-33-37-41-48-54-60-66-81(86)94-72-79(100-83(88)69-63-57-51-43-39-35-31-30-32-36-40-47-53-59-65-77(6)9-3)74-98-102(90,91)96-70-78(85)71-97-103(92,93)99-75-80(73-95-82(87)67-61-55-49-45-44-46-52-58-64-76(4)5)101-84(89)68-62-56-50-42-38-34-28-25-23-21-19-17-15-13-11-8-2/h76-80,85H,7-75H2,1-6H3,(H,90,91)(H,92,93)/t77?,78-,79-,80-/m1/s1. The van der Waals surface area contributed by atoms with Gasteiger partial charge in [0.25, 0.3) is 0 Å². The molecule has 0 aromatic rings. The Morgan fingerprint density at radius 3 is 0.738 bits per heavy atom. The van der Waals surface area contributed by atoms with Crippen LogP contribution in [0.1, 0.15) is 446 Å². The molecular formula is C84H164O17P2. The van der Waals surface area contributed by atoms with Crippen LogP contribution in [-0.4, -0.2) is 96.7 Å². The molecule has 0 aliphatic carbocycles. The van der Waals surface area contributed by atoms with Crippen LogP contribution in [0.4, 0.5) is 0 Å². The van der Waals surface area contributed by atoms with Gasteiger partial charge in [-0.3, -0.25) is 37.3 Å². The summed E-state index contributed by atoms with van der Waals surface area (Å²) in [6.07, 6.45) is 66.5. The second-order valence-electron chi connectivity index (χ2n) is 30.9. The molecule has 0 heterocycles. The lowest BCUT2D eigenvalue weighted by Crippen LogP contribution is -2.30. The van der Waals surface area contributed by atoms with Gasteiger partial charge in [0.15, 0.2) is 12.2 Å². The lowest BCUT2D eigenvalue weighted by atomic mass is 9.99. The van der Waals surface area contributed by atoms with Gasteiger partial charge in [-0.1, -0.05) is 395 Å². The minimum Gasteiger partial charge on any atom is -0.462 e. The van der Waals surface area contributed by atoms with Crippen LogP contribution < -0.4 is 0 Å². The Labute approximate surface area is 632 Å². The van der Waals surface area contributed by atoms with E-state index in [1.54, 1.807) is 0 Å². The summed E-state index contributed by atoms with van der Waals surface area (Å²) in [4.78, 5) is 73.2. The van der Waals surface area contributed by atoms with Crippen LogP contribution in [0.25, 0.3) is 0 Å². The topological polar surface area (TPSA) is 237 Å². The number of phosphoric ester groups is 2. The Hall–Kier alpha value is -1.94. The third-order valence-electron chi connectivity index (χ3n) is 20.1. The molecule has 0 saturated carbocycles. The van der Waals surface area contributed by atoms with Crippen molar-refractivity contribution in [3.8, 4) is 0 Å². The van der Waals surface area contributed by atoms with Gasteiger partial charge in [0.2, 0.25) is 0 Å². The maximum Gasteiger partial charge on any atom is 0.472 e. The average Bonchev–Trinajstić information content (AvgIpc) is 0.921. The summed E-state index contributed by atoms with van der Waals surface area (Å²) in [5.74, 6) is -0.531. The molecule has 17 nitrogen and oxygen atoms in total. The molecule has 0 aromatic heterocycles. The highest BCUT2D eigenvalue weighted by Crippen LogP contribution is 2.45. The van der Waals surface area contributed by atoms with E-state index in [4.69, 9.17) is 37.0 Å². The minimum absolute atomic E-state index is 0.108. The van der Waals surface area contributed by atoms with Gasteiger partial charge in [-0.25, -0.2) is 9.13 Å². The Balaban J connectivity index is 5.25. The number of rotatable bonds is 83. The molecule has 3 N–H and O–H groups in total. The first-order valence-electron chi connectivity index (χ1n) is 43.5. The molecule has 0 aliphatic heterocycles. The Morgan fingerprint density at radius 1 is 0.282 bits per heavy atom. The number of carbonyl (C=O) groups is 4. The lowest BCUT2D eigenvalue weighted by Gasteiger charge is -2.21. The van der Waals surface area contributed by atoms with Crippen LogP contribution in [0, 0.1) is 11.8 Å². The van der Waals surface area contributed by atoms with E-state index in [1.165, 1.54) is 263 Å². The SMILES string of the molecule is CCCCCCCCCCCCCCCCCCCCC(=O)OC[C@H](COP(=O)(O)OC[C@@H](O)COP(=O)(O)OC[C@@H](COC(=O)CCCCCCCCCCC(C)C)OC(=O)CCCCCCCCCCCCCCCCCC)OC(=O)CCCCCCCCCCCCCCCCC(C)CC. The van der Waals surface area contributed by atoms with E-state index >= 15 is 0 Å². The quantitative estimate of drug-likeness (QED) is 0.0222. The molecule has 0 aliphatic rings. The highest BCUT2D eigenvalue weighted by molar-refractivity contribution is 7.47. The molecule has 3 unspecified atom stereocenters. The van der Waals surface area contributed by atoms with Crippen molar-refractivity contribution < 1.29 is 80.2 Å². The van der Waals surface area contributed by atoms with Crippen LogP contribution in [-0.2, 0) is 65.4 Å². The van der Waals surface area contributed by atoms with Gasteiger partial charge in [0, 0.05) is 25.7 Å². The summed E-state index contributed by atoms with van der Waals surface area (Å²) in [7, 11) is -9.93. The van der Waals surface area contributed by atoms with Gasteiger partial charge >= 0.3 is 39.5 Å². The molecule has 0 spiro atoms. The number of aliphatic hydroxyl groups is 1. The fraction of sp³-hybridized carbons (Fsp3) is 0.952. The van der Waals surface area contributed by atoms with Crippen LogP contribution in [0.3, 0.4) is 0 Å². The van der Waals surface area contributed by atoms with Gasteiger partial charge in [-0.2, -0.15) is 0 Å². The molecule has 0 fully saturated rings. The van der Waals surface area contributed by atoms with Gasteiger partial charge in [0.1, 0.15) is 19.3 Å². The summed E-state index contributed by atoms with van der Waals surface area (Å²) in [6, 6.07) is 0. The Morgan fingerprint density at radius 2 is 0.495 bits per heavy atom. The van der Waals surface area contributed by atoms with E-state index in [2.05, 4.69) is 41.5 Å². The highest BCUT2D eigenvalue weighted by atomic mass is 31.2. The van der Waals surface area contributed by atoms with Crippen molar-refractivity contribution in [3.63, 3.8) is 0 Å². The fourth-order valence-electron chi connectivity index (χ4n) is 13.0. The molecule has 0 saturated heterocycles. The first-order chi connectivity index (χ1) is 49.9. The first-order valence-corrected chi connectivity index (χ1v) is 46.5. The van der Waals surface area contributed by atoms with Crippen molar-refractivity contribution in [2.24, 2.45) is 11.8 Å². The van der Waals surface area contributed by atoms with Crippen molar-refractivity contribution in [1.29, 1.82) is 0 Å². The number of hydrogen-bond acceptors (Lipinski definition) is 15.